The minimum Gasteiger partial charge on any atom is -0.454 e. The molecule has 0 aliphatic heterocycles. The molecule has 2 aromatic heterocycles. The first-order valence-corrected chi connectivity index (χ1v) is 16.7. The van der Waals surface area contributed by atoms with E-state index in [0.29, 0.717) is 0 Å². The lowest BCUT2D eigenvalue weighted by Crippen LogP contribution is -2.10. The lowest BCUT2D eigenvalue weighted by atomic mass is 10.0. The van der Waals surface area contributed by atoms with Crippen molar-refractivity contribution in [1.82, 2.24) is 4.57 Å². The molecule has 0 atom stereocenters. The first-order chi connectivity index (χ1) is 24.3. The summed E-state index contributed by atoms with van der Waals surface area (Å²) in [5.41, 5.74) is 10.8. The third kappa shape index (κ3) is 4.44. The highest BCUT2D eigenvalue weighted by molar-refractivity contribution is 6.14. The van der Waals surface area contributed by atoms with E-state index in [1.807, 2.05) is 12.1 Å². The second kappa shape index (κ2) is 11.0. The summed E-state index contributed by atoms with van der Waals surface area (Å²) in [7, 11) is 0. The topological polar surface area (TPSA) is 21.3 Å². The summed E-state index contributed by atoms with van der Waals surface area (Å²) in [5.74, 6) is 0. The summed E-state index contributed by atoms with van der Waals surface area (Å²) in [6, 6.07) is 64.9. The molecule has 3 heteroatoms. The summed E-state index contributed by atoms with van der Waals surface area (Å²) < 4.78 is 8.96. The van der Waals surface area contributed by atoms with Gasteiger partial charge in [-0.3, -0.25) is 0 Å². The van der Waals surface area contributed by atoms with Gasteiger partial charge in [0.2, 0.25) is 0 Å². The first-order valence-electron chi connectivity index (χ1n) is 16.7. The van der Waals surface area contributed by atoms with Gasteiger partial charge in [0, 0.05) is 38.6 Å². The van der Waals surface area contributed by atoms with Gasteiger partial charge in [-0.25, -0.2) is 0 Å². The molecule has 0 amide bonds. The van der Waals surface area contributed by atoms with Gasteiger partial charge in [-0.15, -0.1) is 0 Å². The van der Waals surface area contributed by atoms with Crippen molar-refractivity contribution in [2.24, 2.45) is 0 Å². The highest BCUT2D eigenvalue weighted by Gasteiger charge is 2.20. The Balaban J connectivity index is 1.15. The Hall–Kier alpha value is -6.58. The Morgan fingerprint density at radius 2 is 1.02 bits per heavy atom. The quantitative estimate of drug-likeness (QED) is 0.190. The average molecular weight is 627 g/mol. The van der Waals surface area contributed by atoms with Crippen LogP contribution in [0.15, 0.2) is 186 Å². The van der Waals surface area contributed by atoms with Crippen LogP contribution in [0.4, 0.5) is 17.1 Å². The van der Waals surface area contributed by atoms with Crippen LogP contribution in [-0.2, 0) is 0 Å². The fourth-order valence-corrected chi connectivity index (χ4v) is 7.45. The molecule has 0 saturated heterocycles. The van der Waals surface area contributed by atoms with Gasteiger partial charge in [-0.05, 0) is 88.6 Å². The van der Waals surface area contributed by atoms with Crippen LogP contribution in [0.5, 0.6) is 0 Å². The maximum atomic E-state index is 6.57. The van der Waals surface area contributed by atoms with Crippen molar-refractivity contribution in [3.8, 4) is 16.8 Å². The van der Waals surface area contributed by atoms with Gasteiger partial charge in [-0.2, -0.15) is 0 Å². The molecule has 0 saturated carbocycles. The van der Waals surface area contributed by atoms with E-state index in [4.69, 9.17) is 4.42 Å². The number of furan rings is 1. The number of fused-ring (bicyclic) bond motifs is 7. The Morgan fingerprint density at radius 1 is 0.408 bits per heavy atom. The maximum Gasteiger partial charge on any atom is 0.159 e. The molecule has 0 aliphatic rings. The summed E-state index contributed by atoms with van der Waals surface area (Å²) in [6.07, 6.45) is 0. The van der Waals surface area contributed by atoms with Crippen molar-refractivity contribution in [2.45, 2.75) is 0 Å². The summed E-state index contributed by atoms with van der Waals surface area (Å²) in [4.78, 5) is 2.31. The van der Waals surface area contributed by atoms with Gasteiger partial charge in [0.15, 0.2) is 5.58 Å². The molecule has 10 aromatic rings. The second-order valence-electron chi connectivity index (χ2n) is 12.6. The highest BCUT2D eigenvalue weighted by atomic mass is 16.3. The number of para-hydroxylation sites is 3. The van der Waals surface area contributed by atoms with E-state index in [-0.39, 0.29) is 0 Å². The minimum absolute atomic E-state index is 0.870. The fourth-order valence-electron chi connectivity index (χ4n) is 7.45. The molecule has 0 bridgehead atoms. The van der Waals surface area contributed by atoms with Crippen molar-refractivity contribution in [3.63, 3.8) is 0 Å². The molecule has 0 radical (unpaired) electrons. The SMILES string of the molecule is c1ccc(-c2ccc(N(c3ccc(-n4c5ccccc5c5cc6ccccc6cc54)cc3)c3cccc4c3oc3ccccc34)cc2)cc1. The van der Waals surface area contributed by atoms with Crippen LogP contribution in [-0.4, -0.2) is 4.57 Å². The average Bonchev–Trinajstić information content (AvgIpc) is 3.71. The number of hydrogen-bond acceptors (Lipinski definition) is 2. The molecular formula is C46H30N2O. The summed E-state index contributed by atoms with van der Waals surface area (Å²) >= 11 is 0. The third-order valence-corrected chi connectivity index (χ3v) is 9.76. The van der Waals surface area contributed by atoms with Gasteiger partial charge in [0.1, 0.15) is 5.58 Å². The standard InChI is InChI=1S/C46H30N2O/c1-2-11-31(12-3-1)32-21-23-35(24-22-32)47(43-19-10-17-40-39-16-7-9-20-45(39)49-46(40)43)36-25-27-37(28-26-36)48-42-18-8-6-15-38(42)41-29-33-13-4-5-14-34(33)30-44(41)48/h1-30H. The predicted octanol–water partition coefficient (Wildman–Crippen LogP) is 13.0. The van der Waals surface area contributed by atoms with E-state index in [0.717, 1.165) is 44.7 Å². The summed E-state index contributed by atoms with van der Waals surface area (Å²) in [6.45, 7) is 0. The molecule has 8 aromatic carbocycles. The molecular weight excluding hydrogens is 597 g/mol. The molecule has 0 fully saturated rings. The Kier molecular flexibility index (Phi) is 6.18. The van der Waals surface area contributed by atoms with Gasteiger partial charge in [0.05, 0.1) is 16.7 Å². The molecule has 230 valence electrons. The zero-order valence-electron chi connectivity index (χ0n) is 26.6. The normalized spacial score (nSPS) is 11.7. The number of nitrogens with zero attached hydrogens (tertiary/aromatic N) is 2. The second-order valence-corrected chi connectivity index (χ2v) is 12.6. The van der Waals surface area contributed by atoms with Gasteiger partial charge in [0.25, 0.3) is 0 Å². The minimum atomic E-state index is 0.870. The number of rotatable bonds is 5. The number of hydrogen-bond donors (Lipinski definition) is 0. The van der Waals surface area contributed by atoms with Crippen LogP contribution < -0.4 is 4.90 Å². The molecule has 49 heavy (non-hydrogen) atoms. The molecule has 0 aliphatic carbocycles. The highest BCUT2D eigenvalue weighted by Crippen LogP contribution is 2.43. The van der Waals surface area contributed by atoms with E-state index < -0.39 is 0 Å². The van der Waals surface area contributed by atoms with Crippen molar-refractivity contribution in [3.05, 3.63) is 182 Å². The van der Waals surface area contributed by atoms with Crippen LogP contribution in [0.2, 0.25) is 0 Å². The van der Waals surface area contributed by atoms with Crippen molar-refractivity contribution in [2.75, 3.05) is 4.90 Å². The van der Waals surface area contributed by atoms with Gasteiger partial charge in [-0.1, -0.05) is 115 Å². The van der Waals surface area contributed by atoms with Crippen LogP contribution in [0.1, 0.15) is 0 Å². The molecule has 3 nitrogen and oxygen atoms in total. The van der Waals surface area contributed by atoms with E-state index in [2.05, 4.69) is 179 Å². The predicted molar refractivity (Wildman–Crippen MR) is 206 cm³/mol. The molecule has 2 heterocycles. The van der Waals surface area contributed by atoms with E-state index >= 15 is 0 Å². The van der Waals surface area contributed by atoms with Crippen LogP contribution in [0.3, 0.4) is 0 Å². The Bertz CT molecular complexity index is 2810. The van der Waals surface area contributed by atoms with Crippen LogP contribution >= 0.6 is 0 Å². The number of anilines is 3. The van der Waals surface area contributed by atoms with Crippen molar-refractivity contribution >= 4 is 71.6 Å². The zero-order valence-corrected chi connectivity index (χ0v) is 26.6. The van der Waals surface area contributed by atoms with Gasteiger partial charge >= 0.3 is 0 Å². The van der Waals surface area contributed by atoms with E-state index in [9.17, 15) is 0 Å². The van der Waals surface area contributed by atoms with Crippen molar-refractivity contribution < 1.29 is 4.42 Å². The van der Waals surface area contributed by atoms with Crippen LogP contribution in [0.25, 0.3) is 71.3 Å². The van der Waals surface area contributed by atoms with Crippen LogP contribution in [0, 0.1) is 0 Å². The van der Waals surface area contributed by atoms with Crippen molar-refractivity contribution in [1.29, 1.82) is 0 Å². The fraction of sp³-hybridized carbons (Fsp3) is 0. The third-order valence-electron chi connectivity index (χ3n) is 9.76. The smallest absolute Gasteiger partial charge is 0.159 e. The Labute approximate surface area is 283 Å². The lowest BCUT2D eigenvalue weighted by molar-refractivity contribution is 0.669. The monoisotopic (exact) mass is 626 g/mol. The molecule has 10 rings (SSSR count). The Morgan fingerprint density at radius 3 is 1.82 bits per heavy atom. The largest absolute Gasteiger partial charge is 0.454 e. The first kappa shape index (κ1) is 27.5. The summed E-state index contributed by atoms with van der Waals surface area (Å²) in [5, 5.41) is 7.22. The molecule has 0 N–H and O–H groups in total. The van der Waals surface area contributed by atoms with E-state index in [1.54, 1.807) is 0 Å². The molecule has 0 spiro atoms. The van der Waals surface area contributed by atoms with Gasteiger partial charge < -0.3 is 13.9 Å². The molecule has 0 unspecified atom stereocenters. The number of aromatic nitrogens is 1. The zero-order chi connectivity index (χ0) is 32.3. The number of benzene rings is 8. The lowest BCUT2D eigenvalue weighted by Gasteiger charge is -2.26. The maximum absolute atomic E-state index is 6.57. The van der Waals surface area contributed by atoms with E-state index in [1.165, 1.54) is 43.7 Å².